The van der Waals surface area contributed by atoms with Crippen molar-refractivity contribution < 1.29 is 14.4 Å². The van der Waals surface area contributed by atoms with Crippen LogP contribution in [-0.4, -0.2) is 29.1 Å². The van der Waals surface area contributed by atoms with Crippen LogP contribution >= 0.6 is 11.8 Å². The number of hydrogen-bond donors (Lipinski definition) is 1. The Balaban J connectivity index is 2.21. The lowest BCUT2D eigenvalue weighted by Crippen LogP contribution is -2.23. The number of benzene rings is 1. The smallest absolute Gasteiger partial charge is 0.216 e. The molecule has 0 aliphatic heterocycles. The molecule has 0 saturated carbocycles. The molecule has 1 aromatic carbocycles. The van der Waals surface area contributed by atoms with Gasteiger partial charge in [-0.2, -0.15) is 0 Å². The summed E-state index contributed by atoms with van der Waals surface area (Å²) in [7, 11) is 0. The van der Waals surface area contributed by atoms with Crippen LogP contribution in [0, 0.1) is 0 Å². The Morgan fingerprint density at radius 1 is 1.16 bits per heavy atom. The maximum absolute atomic E-state index is 11.7. The molecule has 0 fully saturated rings. The molecule has 102 valence electrons. The van der Waals surface area contributed by atoms with Gasteiger partial charge in [-0.05, 0) is 5.56 Å². The van der Waals surface area contributed by atoms with Crippen LogP contribution in [0.4, 0.5) is 0 Å². The van der Waals surface area contributed by atoms with Crippen LogP contribution in [0.15, 0.2) is 30.3 Å². The Morgan fingerprint density at radius 3 is 2.47 bits per heavy atom. The first kappa shape index (κ1) is 15.4. The minimum Gasteiger partial charge on any atom is -0.356 e. The normalized spacial score (nSPS) is 9.95. The van der Waals surface area contributed by atoms with Crippen molar-refractivity contribution in [1.82, 2.24) is 5.32 Å². The van der Waals surface area contributed by atoms with Gasteiger partial charge in [-0.1, -0.05) is 42.1 Å². The summed E-state index contributed by atoms with van der Waals surface area (Å²) in [5, 5.41) is 2.45. The van der Waals surface area contributed by atoms with E-state index in [1.54, 1.807) is 0 Å². The highest BCUT2D eigenvalue weighted by Gasteiger charge is 2.10. The van der Waals surface area contributed by atoms with Gasteiger partial charge in [0, 0.05) is 25.6 Å². The highest BCUT2D eigenvalue weighted by molar-refractivity contribution is 8.13. The maximum Gasteiger partial charge on any atom is 0.216 e. The van der Waals surface area contributed by atoms with Gasteiger partial charge in [0.1, 0.15) is 5.78 Å². The monoisotopic (exact) mass is 279 g/mol. The van der Waals surface area contributed by atoms with Crippen molar-refractivity contribution in [3.63, 3.8) is 0 Å². The van der Waals surface area contributed by atoms with Gasteiger partial charge in [-0.15, -0.1) is 0 Å². The zero-order valence-corrected chi connectivity index (χ0v) is 11.7. The second-order valence-corrected chi connectivity index (χ2v) is 5.23. The topological polar surface area (TPSA) is 63.2 Å². The average Bonchev–Trinajstić information content (AvgIpc) is 2.35. The minimum absolute atomic E-state index is 0.0559. The number of Topliss-reactive ketones (excluding diaryl/α,β-unsaturated/α-hetero) is 1. The van der Waals surface area contributed by atoms with Crippen LogP contribution in [0.3, 0.4) is 0 Å². The number of thioether (sulfide) groups is 1. The van der Waals surface area contributed by atoms with E-state index in [9.17, 15) is 14.4 Å². The lowest BCUT2D eigenvalue weighted by molar-refractivity contribution is -0.123. The molecule has 1 N–H and O–H groups in total. The molecular formula is C14H17NO3S. The third-order valence-electron chi connectivity index (χ3n) is 2.32. The molecule has 0 atom stereocenters. The fourth-order valence-corrected chi connectivity index (χ4v) is 2.18. The molecule has 19 heavy (non-hydrogen) atoms. The number of ketones is 1. The first-order valence-electron chi connectivity index (χ1n) is 6.03. The molecule has 1 aromatic rings. The lowest BCUT2D eigenvalue weighted by atomic mass is 10.1. The fraction of sp³-hybridized carbons (Fsp3) is 0.357. The summed E-state index contributed by atoms with van der Waals surface area (Å²) < 4.78 is 0. The second-order valence-electron chi connectivity index (χ2n) is 4.08. The number of amides is 1. The van der Waals surface area contributed by atoms with Crippen LogP contribution in [0.25, 0.3) is 0 Å². The molecule has 0 aromatic heterocycles. The van der Waals surface area contributed by atoms with Gasteiger partial charge < -0.3 is 5.32 Å². The van der Waals surface area contributed by atoms with Gasteiger partial charge in [0.2, 0.25) is 5.91 Å². The molecule has 1 amide bonds. The molecule has 0 radical (unpaired) electrons. The maximum atomic E-state index is 11.7. The highest BCUT2D eigenvalue weighted by atomic mass is 32.2. The molecule has 0 spiro atoms. The van der Waals surface area contributed by atoms with Crippen molar-refractivity contribution in [1.29, 1.82) is 0 Å². The van der Waals surface area contributed by atoms with Crippen molar-refractivity contribution >= 4 is 28.6 Å². The first-order chi connectivity index (χ1) is 9.08. The summed E-state index contributed by atoms with van der Waals surface area (Å²) in [5.41, 5.74) is 0.920. The summed E-state index contributed by atoms with van der Waals surface area (Å²) in [6.07, 6.45) is 0.235. The van der Waals surface area contributed by atoms with E-state index in [-0.39, 0.29) is 23.2 Å². The van der Waals surface area contributed by atoms with Gasteiger partial charge in [-0.3, -0.25) is 14.4 Å². The fourth-order valence-electron chi connectivity index (χ4n) is 1.49. The summed E-state index contributed by atoms with van der Waals surface area (Å²) in [6.45, 7) is 1.87. The summed E-state index contributed by atoms with van der Waals surface area (Å²) >= 11 is 1.08. The van der Waals surface area contributed by atoms with E-state index in [0.717, 1.165) is 17.3 Å². The summed E-state index contributed by atoms with van der Waals surface area (Å²) in [6, 6.07) is 9.36. The number of carbonyl (C=O) groups is 3. The Hall–Kier alpha value is -1.62. The molecular weight excluding hydrogens is 262 g/mol. The Kier molecular flexibility index (Phi) is 6.89. The van der Waals surface area contributed by atoms with E-state index in [4.69, 9.17) is 0 Å². The second kappa shape index (κ2) is 8.48. The van der Waals surface area contributed by atoms with Crippen LogP contribution < -0.4 is 5.32 Å². The molecule has 5 heteroatoms. The largest absolute Gasteiger partial charge is 0.356 e. The predicted octanol–water partition coefficient (Wildman–Crippen LogP) is 1.58. The van der Waals surface area contributed by atoms with Crippen molar-refractivity contribution in [3.05, 3.63) is 35.9 Å². The summed E-state index contributed by atoms with van der Waals surface area (Å²) in [4.78, 5) is 33.8. The van der Waals surface area contributed by atoms with Crippen LogP contribution in [0.1, 0.15) is 18.9 Å². The van der Waals surface area contributed by atoms with Gasteiger partial charge in [-0.25, -0.2) is 0 Å². The standard InChI is InChI=1S/C14H17NO3S/c1-11(16)15-7-8-19-14(18)10-13(17)9-12-5-3-2-4-6-12/h2-6H,7-10H2,1H3,(H,15,16). The zero-order valence-electron chi connectivity index (χ0n) is 10.8. The first-order valence-corrected chi connectivity index (χ1v) is 7.02. The van der Waals surface area contributed by atoms with Crippen molar-refractivity contribution in [2.45, 2.75) is 19.8 Å². The quantitative estimate of drug-likeness (QED) is 0.608. The number of rotatable bonds is 7. The van der Waals surface area contributed by atoms with E-state index in [0.29, 0.717) is 18.7 Å². The Morgan fingerprint density at radius 2 is 1.84 bits per heavy atom. The van der Waals surface area contributed by atoms with Crippen molar-refractivity contribution in [3.8, 4) is 0 Å². The molecule has 0 unspecified atom stereocenters. The van der Waals surface area contributed by atoms with E-state index in [1.807, 2.05) is 30.3 Å². The minimum atomic E-state index is -0.147. The van der Waals surface area contributed by atoms with Crippen molar-refractivity contribution in [2.24, 2.45) is 0 Å². The molecule has 0 bridgehead atoms. The third-order valence-corrected chi connectivity index (χ3v) is 3.20. The highest BCUT2D eigenvalue weighted by Crippen LogP contribution is 2.08. The van der Waals surface area contributed by atoms with E-state index in [1.165, 1.54) is 6.92 Å². The average molecular weight is 279 g/mol. The molecule has 0 aliphatic rings. The SMILES string of the molecule is CC(=O)NCCSC(=O)CC(=O)Cc1ccccc1. The van der Waals surface area contributed by atoms with Gasteiger partial charge in [0.25, 0.3) is 0 Å². The number of carbonyl (C=O) groups excluding carboxylic acids is 3. The summed E-state index contributed by atoms with van der Waals surface area (Å²) in [5.74, 6) is 0.299. The van der Waals surface area contributed by atoms with Gasteiger partial charge in [0.05, 0.1) is 6.42 Å². The van der Waals surface area contributed by atoms with E-state index >= 15 is 0 Å². The lowest BCUT2D eigenvalue weighted by Gasteiger charge is -2.02. The van der Waals surface area contributed by atoms with Crippen LogP contribution in [0.2, 0.25) is 0 Å². The molecule has 0 heterocycles. The molecule has 4 nitrogen and oxygen atoms in total. The molecule has 0 aliphatic carbocycles. The number of nitrogens with one attached hydrogen (secondary N) is 1. The van der Waals surface area contributed by atoms with E-state index in [2.05, 4.69) is 5.32 Å². The van der Waals surface area contributed by atoms with Gasteiger partial charge >= 0.3 is 0 Å². The molecule has 0 saturated heterocycles. The van der Waals surface area contributed by atoms with Gasteiger partial charge in [0.15, 0.2) is 5.12 Å². The zero-order chi connectivity index (χ0) is 14.1. The van der Waals surface area contributed by atoms with Crippen LogP contribution in [-0.2, 0) is 20.8 Å². The third kappa shape index (κ3) is 7.41. The Bertz CT molecular complexity index is 445. The number of hydrogen-bond acceptors (Lipinski definition) is 4. The predicted molar refractivity (Wildman–Crippen MR) is 75.9 cm³/mol. The Labute approximate surface area is 117 Å². The van der Waals surface area contributed by atoms with Crippen molar-refractivity contribution in [2.75, 3.05) is 12.3 Å². The van der Waals surface area contributed by atoms with E-state index < -0.39 is 0 Å². The van der Waals surface area contributed by atoms with Crippen LogP contribution in [0.5, 0.6) is 0 Å². The molecule has 1 rings (SSSR count).